The summed E-state index contributed by atoms with van der Waals surface area (Å²) in [7, 11) is 0. The zero-order valence-corrected chi connectivity index (χ0v) is 14.7. The van der Waals surface area contributed by atoms with E-state index >= 15 is 0 Å². The average Bonchev–Trinajstić information content (AvgIpc) is 2.50. The third-order valence-electron chi connectivity index (χ3n) is 3.70. The molecule has 1 unspecified atom stereocenters. The van der Waals surface area contributed by atoms with Crippen molar-refractivity contribution in [2.45, 2.75) is 40.7 Å². The van der Waals surface area contributed by atoms with Gasteiger partial charge in [-0.05, 0) is 45.7 Å². The molecule has 1 heterocycles. The van der Waals surface area contributed by atoms with Crippen LogP contribution >= 0.6 is 0 Å². The Bertz CT molecular complexity index is 739. The number of esters is 1. The molecule has 0 amide bonds. The number of hydrogen-bond donors (Lipinski definition) is 1. The van der Waals surface area contributed by atoms with E-state index in [4.69, 9.17) is 15.2 Å². The lowest BCUT2D eigenvalue weighted by Crippen LogP contribution is -2.19. The van der Waals surface area contributed by atoms with Crippen LogP contribution in [0, 0.1) is 20.8 Å². The Morgan fingerprint density at radius 2 is 1.83 bits per heavy atom. The Hall–Kier alpha value is -2.63. The van der Waals surface area contributed by atoms with Crippen molar-refractivity contribution in [1.29, 1.82) is 0 Å². The zero-order valence-electron chi connectivity index (χ0n) is 14.7. The molecule has 2 N–H and O–H groups in total. The summed E-state index contributed by atoms with van der Waals surface area (Å²) >= 11 is 0. The van der Waals surface area contributed by atoms with Crippen LogP contribution in [0.1, 0.15) is 52.8 Å². The molecule has 128 valence electrons. The van der Waals surface area contributed by atoms with E-state index in [0.29, 0.717) is 17.0 Å². The van der Waals surface area contributed by atoms with Gasteiger partial charge in [0.15, 0.2) is 0 Å². The highest BCUT2D eigenvalue weighted by Gasteiger charge is 2.25. The third-order valence-corrected chi connectivity index (χ3v) is 3.70. The lowest BCUT2D eigenvalue weighted by molar-refractivity contribution is 0.0518. The maximum atomic E-state index is 12.3. The first-order valence-corrected chi connectivity index (χ1v) is 7.89. The van der Waals surface area contributed by atoms with E-state index in [1.54, 1.807) is 13.8 Å². The smallest absolute Gasteiger partial charge is 0.342 e. The second kappa shape index (κ2) is 7.29. The fraction of sp³-hybridized carbons (Fsp3) is 0.389. The highest BCUT2D eigenvalue weighted by Crippen LogP contribution is 2.30. The van der Waals surface area contributed by atoms with Gasteiger partial charge in [-0.25, -0.2) is 14.8 Å². The van der Waals surface area contributed by atoms with Gasteiger partial charge in [0.1, 0.15) is 23.1 Å². The fourth-order valence-electron chi connectivity index (χ4n) is 2.58. The first-order chi connectivity index (χ1) is 11.3. The number of aryl methyl sites for hydroxylation is 3. The third kappa shape index (κ3) is 3.64. The highest BCUT2D eigenvalue weighted by atomic mass is 16.5. The van der Waals surface area contributed by atoms with Crippen LogP contribution in [0.4, 0.5) is 5.95 Å². The molecular formula is C18H23N3O3. The second-order valence-corrected chi connectivity index (χ2v) is 5.63. The van der Waals surface area contributed by atoms with E-state index < -0.39 is 12.1 Å². The Labute approximate surface area is 142 Å². The summed E-state index contributed by atoms with van der Waals surface area (Å²) in [6.45, 7) is 9.51. The number of aromatic nitrogens is 2. The number of nitrogen functional groups attached to an aromatic ring is 1. The van der Waals surface area contributed by atoms with Gasteiger partial charge in [-0.3, -0.25) is 0 Å². The summed E-state index contributed by atoms with van der Waals surface area (Å²) in [5.74, 6) is 0.407. The molecular weight excluding hydrogens is 306 g/mol. The SMILES string of the molecule is CCOC(=O)c1c(C)nc(N)nc1C(C)Oc1c(C)cccc1C. The molecule has 1 atom stereocenters. The number of hydrogen-bond acceptors (Lipinski definition) is 6. The molecule has 0 bridgehead atoms. The highest BCUT2D eigenvalue weighted by molar-refractivity contribution is 5.92. The normalized spacial score (nSPS) is 11.9. The Morgan fingerprint density at radius 1 is 1.21 bits per heavy atom. The summed E-state index contributed by atoms with van der Waals surface area (Å²) < 4.78 is 11.2. The van der Waals surface area contributed by atoms with Gasteiger partial charge in [-0.1, -0.05) is 18.2 Å². The van der Waals surface area contributed by atoms with Crippen molar-refractivity contribution >= 4 is 11.9 Å². The fourth-order valence-corrected chi connectivity index (χ4v) is 2.58. The van der Waals surface area contributed by atoms with Crippen molar-refractivity contribution in [2.75, 3.05) is 12.3 Å². The molecule has 6 heteroatoms. The van der Waals surface area contributed by atoms with Gasteiger partial charge in [0.25, 0.3) is 0 Å². The van der Waals surface area contributed by atoms with E-state index in [2.05, 4.69) is 9.97 Å². The van der Waals surface area contributed by atoms with E-state index in [1.165, 1.54) is 0 Å². The van der Waals surface area contributed by atoms with Gasteiger partial charge in [0, 0.05) is 0 Å². The van der Waals surface area contributed by atoms with E-state index in [-0.39, 0.29) is 12.6 Å². The van der Waals surface area contributed by atoms with Crippen LogP contribution in [0.5, 0.6) is 5.75 Å². The van der Waals surface area contributed by atoms with E-state index in [9.17, 15) is 4.79 Å². The van der Waals surface area contributed by atoms with Crippen LogP contribution in [0.3, 0.4) is 0 Å². The Morgan fingerprint density at radius 3 is 2.42 bits per heavy atom. The predicted octanol–water partition coefficient (Wildman–Crippen LogP) is 3.30. The minimum Gasteiger partial charge on any atom is -0.484 e. The van der Waals surface area contributed by atoms with Crippen LogP contribution in [0.15, 0.2) is 18.2 Å². The number of anilines is 1. The van der Waals surface area contributed by atoms with Crippen LogP contribution in [0.25, 0.3) is 0 Å². The van der Waals surface area contributed by atoms with Gasteiger partial charge in [-0.15, -0.1) is 0 Å². The molecule has 1 aromatic carbocycles. The number of carbonyl (C=O) groups excluding carboxylic acids is 1. The molecule has 0 aliphatic heterocycles. The summed E-state index contributed by atoms with van der Waals surface area (Å²) in [5.41, 5.74) is 9.01. The van der Waals surface area contributed by atoms with Gasteiger partial charge in [0.2, 0.25) is 5.95 Å². The van der Waals surface area contributed by atoms with Gasteiger partial charge in [-0.2, -0.15) is 0 Å². The van der Waals surface area contributed by atoms with Crippen molar-refractivity contribution in [3.8, 4) is 5.75 Å². The topological polar surface area (TPSA) is 87.3 Å². The number of rotatable bonds is 5. The van der Waals surface area contributed by atoms with Crippen molar-refractivity contribution in [1.82, 2.24) is 9.97 Å². The molecule has 24 heavy (non-hydrogen) atoms. The molecule has 0 saturated heterocycles. The Balaban J connectivity index is 2.45. The van der Waals surface area contributed by atoms with Crippen molar-refractivity contribution in [2.24, 2.45) is 0 Å². The monoisotopic (exact) mass is 329 g/mol. The zero-order chi connectivity index (χ0) is 17.9. The van der Waals surface area contributed by atoms with E-state index in [1.807, 2.05) is 39.0 Å². The molecule has 2 rings (SSSR count). The Kier molecular flexibility index (Phi) is 5.39. The largest absolute Gasteiger partial charge is 0.484 e. The van der Waals surface area contributed by atoms with Crippen LogP contribution in [-0.2, 0) is 4.74 Å². The predicted molar refractivity (Wildman–Crippen MR) is 92.1 cm³/mol. The van der Waals surface area contributed by atoms with Crippen LogP contribution in [-0.4, -0.2) is 22.5 Å². The quantitative estimate of drug-likeness (QED) is 0.847. The van der Waals surface area contributed by atoms with Gasteiger partial charge in [0.05, 0.1) is 12.3 Å². The molecule has 0 saturated carbocycles. The lowest BCUT2D eigenvalue weighted by Gasteiger charge is -2.20. The first-order valence-electron chi connectivity index (χ1n) is 7.89. The van der Waals surface area contributed by atoms with Crippen molar-refractivity contribution in [3.05, 3.63) is 46.3 Å². The second-order valence-electron chi connectivity index (χ2n) is 5.63. The molecule has 0 fully saturated rings. The molecule has 1 aromatic heterocycles. The minimum absolute atomic E-state index is 0.104. The first kappa shape index (κ1) is 17.7. The van der Waals surface area contributed by atoms with Gasteiger partial charge >= 0.3 is 5.97 Å². The van der Waals surface area contributed by atoms with Crippen LogP contribution < -0.4 is 10.5 Å². The average molecular weight is 329 g/mol. The summed E-state index contributed by atoms with van der Waals surface area (Å²) in [4.78, 5) is 20.6. The number of para-hydroxylation sites is 1. The molecule has 2 aromatic rings. The van der Waals surface area contributed by atoms with Crippen molar-refractivity contribution in [3.63, 3.8) is 0 Å². The number of nitrogens with two attached hydrogens (primary N) is 1. The number of nitrogens with zero attached hydrogens (tertiary/aromatic N) is 2. The molecule has 0 aliphatic carbocycles. The minimum atomic E-state index is -0.479. The molecule has 0 spiro atoms. The number of ether oxygens (including phenoxy) is 2. The summed E-state index contributed by atoms with van der Waals surface area (Å²) in [6.07, 6.45) is -0.479. The van der Waals surface area contributed by atoms with Crippen LogP contribution in [0.2, 0.25) is 0 Å². The number of carbonyl (C=O) groups is 1. The molecule has 0 radical (unpaired) electrons. The maximum absolute atomic E-state index is 12.3. The standard InChI is InChI=1S/C18H23N3O3/c1-6-23-17(22)14-12(4)20-18(19)21-15(14)13(5)24-16-10(2)8-7-9-11(16)3/h7-9,13H,6H2,1-5H3,(H2,19,20,21). The molecule has 6 nitrogen and oxygen atoms in total. The van der Waals surface area contributed by atoms with Crippen molar-refractivity contribution < 1.29 is 14.3 Å². The van der Waals surface area contributed by atoms with E-state index in [0.717, 1.165) is 16.9 Å². The summed E-state index contributed by atoms with van der Waals surface area (Å²) in [5, 5.41) is 0. The lowest BCUT2D eigenvalue weighted by atomic mass is 10.1. The van der Waals surface area contributed by atoms with Gasteiger partial charge < -0.3 is 15.2 Å². The maximum Gasteiger partial charge on any atom is 0.342 e. The number of benzene rings is 1. The summed E-state index contributed by atoms with van der Waals surface area (Å²) in [6, 6.07) is 5.92. The molecule has 0 aliphatic rings.